The average Bonchev–Trinajstić information content (AvgIpc) is 3.00. The lowest BCUT2D eigenvalue weighted by molar-refractivity contribution is -0.118. The summed E-state index contributed by atoms with van der Waals surface area (Å²) in [5.41, 5.74) is 1.69. The van der Waals surface area contributed by atoms with Crippen molar-refractivity contribution < 1.29 is 23.8 Å². The molecular formula is C18H17NO5. The van der Waals surface area contributed by atoms with E-state index >= 15 is 0 Å². The van der Waals surface area contributed by atoms with E-state index in [1.54, 1.807) is 18.2 Å². The fourth-order valence-electron chi connectivity index (χ4n) is 2.38. The molecule has 1 heterocycles. The van der Waals surface area contributed by atoms with Crippen LogP contribution < -0.4 is 19.5 Å². The zero-order valence-electron chi connectivity index (χ0n) is 13.4. The van der Waals surface area contributed by atoms with Crippen molar-refractivity contribution >= 4 is 17.4 Å². The molecule has 3 rings (SSSR count). The number of amides is 1. The Kier molecular flexibility index (Phi) is 4.37. The van der Waals surface area contributed by atoms with Crippen LogP contribution in [0.5, 0.6) is 17.2 Å². The number of hydrogen-bond acceptors (Lipinski definition) is 5. The molecular weight excluding hydrogens is 310 g/mol. The number of carbonyl (C=O) groups excluding carboxylic acids is 2. The Morgan fingerprint density at radius 2 is 1.88 bits per heavy atom. The molecule has 24 heavy (non-hydrogen) atoms. The summed E-state index contributed by atoms with van der Waals surface area (Å²) in [6, 6.07) is 10.6. The Morgan fingerprint density at radius 1 is 1.17 bits per heavy atom. The lowest BCUT2D eigenvalue weighted by Gasteiger charge is -2.12. The molecule has 1 aliphatic rings. The Morgan fingerprint density at radius 3 is 2.58 bits per heavy atom. The zero-order chi connectivity index (χ0) is 17.1. The molecule has 0 aliphatic carbocycles. The number of ether oxygens (including phenoxy) is 3. The maximum absolute atomic E-state index is 12.2. The second-order valence-electron chi connectivity index (χ2n) is 5.41. The van der Waals surface area contributed by atoms with Crippen LogP contribution in [0, 0.1) is 6.92 Å². The van der Waals surface area contributed by atoms with E-state index in [0.29, 0.717) is 28.5 Å². The normalized spacial score (nSPS) is 11.9. The van der Waals surface area contributed by atoms with E-state index < -0.39 is 0 Å². The highest BCUT2D eigenvalue weighted by Crippen LogP contribution is 2.37. The number of benzene rings is 2. The van der Waals surface area contributed by atoms with Gasteiger partial charge in [0, 0.05) is 11.6 Å². The highest BCUT2D eigenvalue weighted by atomic mass is 16.7. The second kappa shape index (κ2) is 6.62. The Bertz CT molecular complexity index is 800. The van der Waals surface area contributed by atoms with Crippen LogP contribution in [0.1, 0.15) is 22.8 Å². The standard InChI is InChI=1S/C18H17NO5/c1-11-5-3-4-6-15(11)22-9-18(21)19-14-8-17-16(23-10-24-17)7-13(14)12(2)20/h3-8H,9-10H2,1-2H3,(H,19,21). The van der Waals surface area contributed by atoms with Crippen molar-refractivity contribution in [3.63, 3.8) is 0 Å². The predicted molar refractivity (Wildman–Crippen MR) is 87.9 cm³/mol. The topological polar surface area (TPSA) is 73.9 Å². The van der Waals surface area contributed by atoms with Crippen molar-refractivity contribution in [2.45, 2.75) is 13.8 Å². The number of anilines is 1. The van der Waals surface area contributed by atoms with Crippen LogP contribution in [0.2, 0.25) is 0 Å². The first-order chi connectivity index (χ1) is 11.5. The highest BCUT2D eigenvalue weighted by Gasteiger charge is 2.20. The SMILES string of the molecule is CC(=O)c1cc2c(cc1NC(=O)COc1ccccc1C)OCO2. The van der Waals surface area contributed by atoms with Gasteiger partial charge in [-0.3, -0.25) is 9.59 Å². The van der Waals surface area contributed by atoms with Crippen LogP contribution >= 0.6 is 0 Å². The second-order valence-corrected chi connectivity index (χ2v) is 5.41. The molecule has 0 fully saturated rings. The molecule has 6 heteroatoms. The Labute approximate surface area is 139 Å². The van der Waals surface area contributed by atoms with Gasteiger partial charge in [-0.25, -0.2) is 0 Å². The molecule has 2 aromatic carbocycles. The number of fused-ring (bicyclic) bond motifs is 1. The molecule has 2 aromatic rings. The van der Waals surface area contributed by atoms with Crippen molar-refractivity contribution in [1.82, 2.24) is 0 Å². The average molecular weight is 327 g/mol. The summed E-state index contributed by atoms with van der Waals surface area (Å²) in [7, 11) is 0. The number of para-hydroxylation sites is 1. The number of carbonyl (C=O) groups is 2. The van der Waals surface area contributed by atoms with Gasteiger partial charge in [0.25, 0.3) is 5.91 Å². The molecule has 0 radical (unpaired) electrons. The van der Waals surface area contributed by atoms with Gasteiger partial charge in [0.1, 0.15) is 5.75 Å². The summed E-state index contributed by atoms with van der Waals surface area (Å²) in [6.07, 6.45) is 0. The van der Waals surface area contributed by atoms with Crippen molar-refractivity contribution in [2.75, 3.05) is 18.7 Å². The summed E-state index contributed by atoms with van der Waals surface area (Å²) in [5.74, 6) is 1.10. The van der Waals surface area contributed by atoms with Gasteiger partial charge in [-0.2, -0.15) is 0 Å². The van der Waals surface area contributed by atoms with Crippen molar-refractivity contribution in [1.29, 1.82) is 0 Å². The molecule has 0 aromatic heterocycles. The first kappa shape index (κ1) is 15.9. The Hall–Kier alpha value is -3.02. The third kappa shape index (κ3) is 3.32. The van der Waals surface area contributed by atoms with Gasteiger partial charge in [-0.05, 0) is 31.5 Å². The summed E-state index contributed by atoms with van der Waals surface area (Å²) in [4.78, 5) is 23.9. The smallest absolute Gasteiger partial charge is 0.262 e. The van der Waals surface area contributed by atoms with Gasteiger partial charge in [0.05, 0.1) is 5.69 Å². The molecule has 0 spiro atoms. The van der Waals surface area contributed by atoms with Gasteiger partial charge >= 0.3 is 0 Å². The van der Waals surface area contributed by atoms with E-state index in [2.05, 4.69) is 5.32 Å². The van der Waals surface area contributed by atoms with E-state index in [-0.39, 0.29) is 25.1 Å². The minimum absolute atomic E-state index is 0.0977. The largest absolute Gasteiger partial charge is 0.483 e. The molecule has 6 nitrogen and oxygen atoms in total. The number of ketones is 1. The predicted octanol–water partition coefficient (Wildman–Crippen LogP) is 2.94. The minimum atomic E-state index is -0.361. The van der Waals surface area contributed by atoms with E-state index in [4.69, 9.17) is 14.2 Å². The first-order valence-corrected chi connectivity index (χ1v) is 7.47. The fourth-order valence-corrected chi connectivity index (χ4v) is 2.38. The maximum Gasteiger partial charge on any atom is 0.262 e. The van der Waals surface area contributed by atoms with Gasteiger partial charge in [-0.15, -0.1) is 0 Å². The van der Waals surface area contributed by atoms with Crippen LogP contribution in [0.3, 0.4) is 0 Å². The first-order valence-electron chi connectivity index (χ1n) is 7.47. The highest BCUT2D eigenvalue weighted by molar-refractivity contribution is 6.04. The van der Waals surface area contributed by atoms with E-state index in [1.165, 1.54) is 6.92 Å². The number of hydrogen-bond donors (Lipinski definition) is 1. The molecule has 1 N–H and O–H groups in total. The zero-order valence-corrected chi connectivity index (χ0v) is 13.4. The molecule has 0 atom stereocenters. The van der Waals surface area contributed by atoms with Crippen molar-refractivity contribution in [3.05, 3.63) is 47.5 Å². The fraction of sp³-hybridized carbons (Fsp3) is 0.222. The molecule has 1 amide bonds. The summed E-state index contributed by atoms with van der Waals surface area (Å²) in [6.45, 7) is 3.27. The van der Waals surface area contributed by atoms with Crippen LogP contribution in [0.25, 0.3) is 0 Å². The number of aryl methyl sites for hydroxylation is 1. The lowest BCUT2D eigenvalue weighted by atomic mass is 10.1. The molecule has 0 saturated heterocycles. The summed E-state index contributed by atoms with van der Waals surface area (Å²) < 4.78 is 16.1. The molecule has 0 bridgehead atoms. The Balaban J connectivity index is 1.72. The van der Waals surface area contributed by atoms with Gasteiger partial charge in [0.2, 0.25) is 6.79 Å². The quantitative estimate of drug-likeness (QED) is 0.855. The van der Waals surface area contributed by atoms with Crippen LogP contribution in [-0.4, -0.2) is 25.1 Å². The summed E-state index contributed by atoms with van der Waals surface area (Å²) in [5, 5.41) is 2.69. The lowest BCUT2D eigenvalue weighted by Crippen LogP contribution is -2.21. The molecule has 1 aliphatic heterocycles. The molecule has 124 valence electrons. The third-order valence-electron chi connectivity index (χ3n) is 3.62. The minimum Gasteiger partial charge on any atom is -0.483 e. The van der Waals surface area contributed by atoms with Crippen LogP contribution in [0.15, 0.2) is 36.4 Å². The van der Waals surface area contributed by atoms with Gasteiger partial charge < -0.3 is 19.5 Å². The maximum atomic E-state index is 12.2. The van der Waals surface area contributed by atoms with E-state index in [0.717, 1.165) is 5.56 Å². The van der Waals surface area contributed by atoms with Crippen LogP contribution in [0.4, 0.5) is 5.69 Å². The van der Waals surface area contributed by atoms with Gasteiger partial charge in [0.15, 0.2) is 23.9 Å². The van der Waals surface area contributed by atoms with Crippen molar-refractivity contribution in [2.24, 2.45) is 0 Å². The molecule has 0 saturated carbocycles. The summed E-state index contributed by atoms with van der Waals surface area (Å²) >= 11 is 0. The van der Waals surface area contributed by atoms with Crippen LogP contribution in [-0.2, 0) is 4.79 Å². The number of nitrogens with one attached hydrogen (secondary N) is 1. The van der Waals surface area contributed by atoms with Crippen molar-refractivity contribution in [3.8, 4) is 17.2 Å². The van der Waals surface area contributed by atoms with E-state index in [1.807, 2.05) is 25.1 Å². The number of Topliss-reactive ketones (excluding diaryl/α,β-unsaturated/α-hetero) is 1. The van der Waals surface area contributed by atoms with E-state index in [9.17, 15) is 9.59 Å². The van der Waals surface area contributed by atoms with Gasteiger partial charge in [-0.1, -0.05) is 18.2 Å². The number of rotatable bonds is 5. The monoisotopic (exact) mass is 327 g/mol. The molecule has 0 unspecified atom stereocenters. The third-order valence-corrected chi connectivity index (χ3v) is 3.62.